The molecule has 0 bridgehead atoms. The van der Waals surface area contributed by atoms with Crippen LogP contribution < -0.4 is 0 Å². The number of furan rings is 1. The van der Waals surface area contributed by atoms with Gasteiger partial charge in [0.2, 0.25) is 0 Å². The predicted octanol–water partition coefficient (Wildman–Crippen LogP) is 3.90. The third-order valence-electron chi connectivity index (χ3n) is 2.50. The van der Waals surface area contributed by atoms with Crippen molar-refractivity contribution in [1.82, 2.24) is 0 Å². The Balaban J connectivity index is 2.31. The zero-order valence-corrected chi connectivity index (χ0v) is 8.10. The van der Waals surface area contributed by atoms with Crippen LogP contribution >= 0.6 is 0 Å². The number of rotatable bonds is 1. The van der Waals surface area contributed by atoms with Crippen LogP contribution in [0.25, 0.3) is 22.1 Å². The van der Waals surface area contributed by atoms with E-state index in [0.29, 0.717) is 0 Å². The van der Waals surface area contributed by atoms with Crippen molar-refractivity contribution in [3.05, 3.63) is 60.9 Å². The van der Waals surface area contributed by atoms with Crippen molar-refractivity contribution in [1.29, 1.82) is 0 Å². The van der Waals surface area contributed by atoms with Crippen molar-refractivity contribution in [3.8, 4) is 11.1 Å². The fourth-order valence-corrected chi connectivity index (χ4v) is 1.79. The van der Waals surface area contributed by atoms with Gasteiger partial charge >= 0.3 is 0 Å². The Bertz CT molecular complexity index is 578. The lowest BCUT2D eigenvalue weighted by atomic mass is 10.0. The summed E-state index contributed by atoms with van der Waals surface area (Å²) >= 11 is 0. The molecule has 0 N–H and O–H groups in total. The monoisotopic (exact) mass is 193 g/mol. The van der Waals surface area contributed by atoms with E-state index in [2.05, 4.69) is 24.3 Å². The van der Waals surface area contributed by atoms with Crippen molar-refractivity contribution in [2.24, 2.45) is 0 Å². The average molecular weight is 193 g/mol. The van der Waals surface area contributed by atoms with Gasteiger partial charge < -0.3 is 4.42 Å². The van der Waals surface area contributed by atoms with Crippen LogP contribution in [-0.4, -0.2) is 0 Å². The van der Waals surface area contributed by atoms with Crippen LogP contribution in [0.3, 0.4) is 0 Å². The van der Waals surface area contributed by atoms with E-state index >= 15 is 0 Å². The molecule has 2 aromatic carbocycles. The second-order valence-corrected chi connectivity index (χ2v) is 3.42. The molecule has 1 aromatic heterocycles. The van der Waals surface area contributed by atoms with Gasteiger partial charge in [0, 0.05) is 11.5 Å². The first kappa shape index (κ1) is 8.30. The van der Waals surface area contributed by atoms with Crippen LogP contribution in [0.4, 0.5) is 0 Å². The smallest absolute Gasteiger partial charge is 0.142 e. The topological polar surface area (TPSA) is 13.1 Å². The van der Waals surface area contributed by atoms with Gasteiger partial charge in [-0.05, 0) is 23.3 Å². The highest BCUT2D eigenvalue weighted by Crippen LogP contribution is 2.28. The molecule has 1 heteroatoms. The van der Waals surface area contributed by atoms with Crippen LogP contribution in [0.2, 0.25) is 0 Å². The van der Waals surface area contributed by atoms with Gasteiger partial charge in [0.05, 0.1) is 6.26 Å². The molecule has 3 rings (SSSR count). The summed E-state index contributed by atoms with van der Waals surface area (Å²) in [6, 6.07) is 19.3. The van der Waals surface area contributed by atoms with Crippen molar-refractivity contribution >= 4 is 11.0 Å². The fraction of sp³-hybridized carbons (Fsp3) is 0. The predicted molar refractivity (Wildman–Crippen MR) is 60.5 cm³/mol. The summed E-state index contributed by atoms with van der Waals surface area (Å²) in [6.07, 6.45) is 1.70. The molecule has 0 saturated heterocycles. The molecule has 0 atom stereocenters. The third kappa shape index (κ3) is 1.33. The lowest BCUT2D eigenvalue weighted by Gasteiger charge is -2.01. The lowest BCUT2D eigenvalue weighted by molar-refractivity contribution is 0.615. The molecule has 1 radical (unpaired) electrons. The van der Waals surface area contributed by atoms with Gasteiger partial charge in [-0.2, -0.15) is 0 Å². The SMILES string of the molecule is [c]1ccc(-c2ccccc2)c2ccoc12. The summed E-state index contributed by atoms with van der Waals surface area (Å²) in [4.78, 5) is 0. The van der Waals surface area contributed by atoms with E-state index in [-0.39, 0.29) is 0 Å². The van der Waals surface area contributed by atoms with E-state index in [0.717, 1.165) is 11.0 Å². The normalized spacial score (nSPS) is 10.7. The minimum atomic E-state index is 0.816. The number of benzene rings is 2. The highest BCUT2D eigenvalue weighted by atomic mass is 16.3. The number of hydrogen-bond donors (Lipinski definition) is 0. The highest BCUT2D eigenvalue weighted by Gasteiger charge is 2.04. The molecule has 0 aliphatic rings. The molecule has 0 spiro atoms. The summed E-state index contributed by atoms with van der Waals surface area (Å²) in [5, 5.41) is 1.11. The zero-order chi connectivity index (χ0) is 10.1. The Morgan fingerprint density at radius 2 is 1.80 bits per heavy atom. The van der Waals surface area contributed by atoms with E-state index in [9.17, 15) is 0 Å². The van der Waals surface area contributed by atoms with Gasteiger partial charge in [-0.15, -0.1) is 0 Å². The van der Waals surface area contributed by atoms with Crippen LogP contribution in [0.15, 0.2) is 59.2 Å². The summed E-state index contributed by atoms with van der Waals surface area (Å²) in [7, 11) is 0. The summed E-state index contributed by atoms with van der Waals surface area (Å²) in [5.74, 6) is 0. The molecule has 3 aromatic rings. The van der Waals surface area contributed by atoms with Crippen molar-refractivity contribution in [3.63, 3.8) is 0 Å². The van der Waals surface area contributed by atoms with E-state index in [4.69, 9.17) is 4.42 Å². The molecule has 0 fully saturated rings. The van der Waals surface area contributed by atoms with Crippen molar-refractivity contribution in [2.45, 2.75) is 0 Å². The standard InChI is InChI=1S/C14H9O/c1-2-5-11(6-3-1)12-7-4-8-14-13(12)9-10-15-14/h1-7,9-10H. The third-order valence-corrected chi connectivity index (χ3v) is 2.50. The van der Waals surface area contributed by atoms with Gasteiger partial charge in [0.1, 0.15) is 5.58 Å². The Hall–Kier alpha value is -2.02. The Morgan fingerprint density at radius 1 is 0.933 bits per heavy atom. The van der Waals surface area contributed by atoms with Crippen molar-refractivity contribution < 1.29 is 4.42 Å². The summed E-state index contributed by atoms with van der Waals surface area (Å²) < 4.78 is 5.32. The maximum atomic E-state index is 5.32. The molecule has 0 amide bonds. The fourth-order valence-electron chi connectivity index (χ4n) is 1.79. The molecule has 1 heterocycles. The van der Waals surface area contributed by atoms with Crippen LogP contribution in [0.1, 0.15) is 0 Å². The Kier molecular flexibility index (Phi) is 1.82. The van der Waals surface area contributed by atoms with Crippen LogP contribution in [0.5, 0.6) is 0 Å². The first-order chi connectivity index (χ1) is 7.45. The maximum absolute atomic E-state index is 5.32. The lowest BCUT2D eigenvalue weighted by Crippen LogP contribution is -1.77. The van der Waals surface area contributed by atoms with Gasteiger partial charge in [0.25, 0.3) is 0 Å². The maximum Gasteiger partial charge on any atom is 0.142 e. The minimum absolute atomic E-state index is 0.816. The molecular weight excluding hydrogens is 184 g/mol. The van der Waals surface area contributed by atoms with Crippen molar-refractivity contribution in [2.75, 3.05) is 0 Å². The summed E-state index contributed by atoms with van der Waals surface area (Å²) in [5.41, 5.74) is 3.22. The molecule has 15 heavy (non-hydrogen) atoms. The number of fused-ring (bicyclic) bond motifs is 1. The first-order valence-electron chi connectivity index (χ1n) is 4.88. The second-order valence-electron chi connectivity index (χ2n) is 3.42. The minimum Gasteiger partial charge on any atom is -0.464 e. The van der Waals surface area contributed by atoms with E-state index in [1.807, 2.05) is 30.3 Å². The zero-order valence-electron chi connectivity index (χ0n) is 8.10. The van der Waals surface area contributed by atoms with E-state index in [1.165, 1.54) is 11.1 Å². The van der Waals surface area contributed by atoms with Gasteiger partial charge in [-0.25, -0.2) is 0 Å². The quantitative estimate of drug-likeness (QED) is 0.571. The van der Waals surface area contributed by atoms with Crippen LogP contribution in [-0.2, 0) is 0 Å². The molecule has 0 aliphatic carbocycles. The molecule has 0 saturated carbocycles. The van der Waals surface area contributed by atoms with Gasteiger partial charge in [-0.1, -0.05) is 36.4 Å². The van der Waals surface area contributed by atoms with Crippen LogP contribution in [0, 0.1) is 6.07 Å². The second kappa shape index (κ2) is 3.28. The average Bonchev–Trinajstić information content (AvgIpc) is 2.78. The largest absolute Gasteiger partial charge is 0.464 e. The van der Waals surface area contributed by atoms with Gasteiger partial charge in [-0.3, -0.25) is 0 Å². The Morgan fingerprint density at radius 3 is 2.67 bits per heavy atom. The molecule has 0 aliphatic heterocycles. The molecular formula is C14H9O. The highest BCUT2D eigenvalue weighted by molar-refractivity contribution is 5.93. The molecule has 71 valence electrons. The van der Waals surface area contributed by atoms with Gasteiger partial charge in [0.15, 0.2) is 0 Å². The number of hydrogen-bond acceptors (Lipinski definition) is 1. The Labute approximate surface area is 88.0 Å². The van der Waals surface area contributed by atoms with E-state index in [1.54, 1.807) is 6.26 Å². The van der Waals surface area contributed by atoms with E-state index < -0.39 is 0 Å². The molecule has 1 nitrogen and oxygen atoms in total. The molecule has 0 unspecified atom stereocenters. The first-order valence-corrected chi connectivity index (χ1v) is 4.88. The summed E-state index contributed by atoms with van der Waals surface area (Å²) in [6.45, 7) is 0.